The molecule has 0 aromatic heterocycles. The molecule has 0 saturated heterocycles. The van der Waals surface area contributed by atoms with Gasteiger partial charge >= 0.3 is 12.4 Å². The Morgan fingerprint density at radius 2 is 1.00 bits per heavy atom. The third-order valence-corrected chi connectivity index (χ3v) is 11.5. The summed E-state index contributed by atoms with van der Waals surface area (Å²) in [6, 6.07) is 33.6. The molecule has 0 spiro atoms. The molecule has 1 amide bonds. The molecule has 0 aliphatic carbocycles. The smallest absolute Gasteiger partial charge is 0.345 e. The fraction of sp³-hybridized carbons (Fsp3) is 0.279. The van der Waals surface area contributed by atoms with Crippen LogP contribution in [0.1, 0.15) is 85.8 Å². The van der Waals surface area contributed by atoms with E-state index in [9.17, 15) is 31.1 Å². The maximum Gasteiger partial charge on any atom is 0.416 e. The number of carbonyl (C=O) groups excluding carboxylic acids is 1. The van der Waals surface area contributed by atoms with E-state index in [-0.39, 0.29) is 16.9 Å². The third kappa shape index (κ3) is 9.32. The number of hydrogen-bond donors (Lipinski definition) is 1. The van der Waals surface area contributed by atoms with Gasteiger partial charge in [0.1, 0.15) is 0 Å². The highest BCUT2D eigenvalue weighted by Gasteiger charge is 2.38. The molecular weight excluding hydrogens is 691 g/mol. The molecule has 5 rings (SSSR count). The zero-order chi connectivity index (χ0) is 38.1. The maximum atomic E-state index is 14.0. The Morgan fingerprint density at radius 3 is 1.44 bits per heavy atom. The highest BCUT2D eigenvalue weighted by atomic mass is 31.1. The quantitative estimate of drug-likeness (QED) is 0.125. The van der Waals surface area contributed by atoms with Gasteiger partial charge in [0.25, 0.3) is 5.91 Å². The van der Waals surface area contributed by atoms with Gasteiger partial charge in [0, 0.05) is 11.7 Å². The molecule has 0 fully saturated rings. The first-order valence-electron chi connectivity index (χ1n) is 16.9. The van der Waals surface area contributed by atoms with Gasteiger partial charge in [0.05, 0.1) is 17.2 Å². The first-order chi connectivity index (χ1) is 24.2. The Labute approximate surface area is 303 Å². The Bertz CT molecular complexity index is 1900. The van der Waals surface area contributed by atoms with Gasteiger partial charge in [-0.2, -0.15) is 26.3 Å². The van der Waals surface area contributed by atoms with Crippen LogP contribution >= 0.6 is 7.92 Å². The molecule has 52 heavy (non-hydrogen) atoms. The second kappa shape index (κ2) is 14.9. The molecule has 0 saturated carbocycles. The SMILES string of the molecule is CC(C)(C)c1cc(-c2ccccc2[C@H](CP(c2ccccc2)c2ccccc2)NC(=O)c2cc(C(F)(F)F)cc(C(F)(F)F)c2)cc(C(C)(C)C)c1. The van der Waals surface area contributed by atoms with Crippen LogP contribution in [0.25, 0.3) is 11.1 Å². The summed E-state index contributed by atoms with van der Waals surface area (Å²) in [6.45, 7) is 12.8. The molecule has 272 valence electrons. The van der Waals surface area contributed by atoms with Crippen LogP contribution in [0.4, 0.5) is 26.3 Å². The van der Waals surface area contributed by atoms with Gasteiger partial charge in [-0.05, 0) is 75.4 Å². The average Bonchev–Trinajstić information content (AvgIpc) is 3.09. The summed E-state index contributed by atoms with van der Waals surface area (Å²) in [5.41, 5.74) is 0.384. The molecule has 0 unspecified atom stereocenters. The lowest BCUT2D eigenvalue weighted by Gasteiger charge is -2.29. The predicted octanol–water partition coefficient (Wildman–Crippen LogP) is 11.6. The van der Waals surface area contributed by atoms with Gasteiger partial charge < -0.3 is 5.32 Å². The first kappa shape index (κ1) is 38.8. The standard InChI is InChI=1S/C43H42F6NOP/c1-40(2,3)30-21-28(22-31(25-30)41(4,5)6)36-19-13-14-20-37(36)38(27-52(34-15-9-7-10-16-34)35-17-11-8-12-18-35)50-39(51)29-23-32(42(44,45)46)26-33(24-29)43(47,48)49/h7-26,38H,27H2,1-6H3,(H,50,51)/t38-/m0/s1. The Kier molecular flexibility index (Phi) is 11.1. The summed E-state index contributed by atoms with van der Waals surface area (Å²) in [6.07, 6.45) is -9.87. The zero-order valence-corrected chi connectivity index (χ0v) is 30.8. The van der Waals surface area contributed by atoms with Crippen LogP contribution in [-0.4, -0.2) is 12.1 Å². The van der Waals surface area contributed by atoms with Crippen LogP contribution in [0.2, 0.25) is 0 Å². The summed E-state index contributed by atoms with van der Waals surface area (Å²) in [4.78, 5) is 14.0. The van der Waals surface area contributed by atoms with Crippen LogP contribution in [0.3, 0.4) is 0 Å². The third-order valence-electron chi connectivity index (χ3n) is 8.97. The topological polar surface area (TPSA) is 29.1 Å². The van der Waals surface area contributed by atoms with Gasteiger partial charge in [-0.1, -0.05) is 145 Å². The molecule has 5 aromatic rings. The van der Waals surface area contributed by atoms with Gasteiger partial charge in [-0.3, -0.25) is 4.79 Å². The van der Waals surface area contributed by atoms with Crippen LogP contribution in [-0.2, 0) is 23.2 Å². The van der Waals surface area contributed by atoms with Crippen molar-refractivity contribution < 1.29 is 31.1 Å². The van der Waals surface area contributed by atoms with Crippen molar-refractivity contribution in [3.05, 3.63) is 155 Å². The van der Waals surface area contributed by atoms with Gasteiger partial charge in [0.15, 0.2) is 0 Å². The lowest BCUT2D eigenvalue weighted by molar-refractivity contribution is -0.143. The lowest BCUT2D eigenvalue weighted by Crippen LogP contribution is -2.33. The minimum Gasteiger partial charge on any atom is -0.345 e. The van der Waals surface area contributed by atoms with Gasteiger partial charge in [0.2, 0.25) is 0 Å². The first-order valence-corrected chi connectivity index (χ1v) is 18.5. The second-order valence-electron chi connectivity index (χ2n) is 15.0. The lowest BCUT2D eigenvalue weighted by atomic mass is 9.78. The van der Waals surface area contributed by atoms with Crippen LogP contribution < -0.4 is 15.9 Å². The number of rotatable bonds is 8. The minimum atomic E-state index is -5.10. The Balaban J connectivity index is 1.71. The molecule has 0 heterocycles. The van der Waals surface area contributed by atoms with E-state index in [2.05, 4.69) is 65.1 Å². The number of alkyl halides is 6. The highest BCUT2D eigenvalue weighted by molar-refractivity contribution is 7.73. The molecule has 0 aliphatic rings. The van der Waals surface area contributed by atoms with Crippen molar-refractivity contribution in [1.29, 1.82) is 0 Å². The van der Waals surface area contributed by atoms with Crippen molar-refractivity contribution in [3.8, 4) is 11.1 Å². The predicted molar refractivity (Wildman–Crippen MR) is 200 cm³/mol. The molecule has 1 N–H and O–H groups in total. The summed E-state index contributed by atoms with van der Waals surface area (Å²) in [5.74, 6) is -1.04. The Morgan fingerprint density at radius 1 is 0.577 bits per heavy atom. The van der Waals surface area contributed by atoms with E-state index in [1.54, 1.807) is 0 Å². The number of halogens is 6. The monoisotopic (exact) mass is 733 g/mol. The largest absolute Gasteiger partial charge is 0.416 e. The van der Waals surface area contributed by atoms with Gasteiger partial charge in [-0.15, -0.1) is 0 Å². The minimum absolute atomic E-state index is 0.0304. The molecule has 1 atom stereocenters. The van der Waals surface area contributed by atoms with Crippen molar-refractivity contribution in [2.45, 2.75) is 70.8 Å². The van der Waals surface area contributed by atoms with E-state index in [0.717, 1.165) is 32.9 Å². The van der Waals surface area contributed by atoms with Crippen molar-refractivity contribution in [3.63, 3.8) is 0 Å². The van der Waals surface area contributed by atoms with Crippen molar-refractivity contribution in [1.82, 2.24) is 5.32 Å². The second-order valence-corrected chi connectivity index (χ2v) is 17.2. The van der Waals surface area contributed by atoms with E-state index in [1.165, 1.54) is 0 Å². The van der Waals surface area contributed by atoms with E-state index < -0.39 is 48.9 Å². The molecule has 0 aliphatic heterocycles. The molecule has 0 bridgehead atoms. The fourth-order valence-corrected chi connectivity index (χ4v) is 8.46. The fourth-order valence-electron chi connectivity index (χ4n) is 6.02. The van der Waals surface area contributed by atoms with E-state index in [1.807, 2.05) is 84.9 Å². The molecular formula is C43H42F6NOP. The van der Waals surface area contributed by atoms with Gasteiger partial charge in [-0.25, -0.2) is 0 Å². The van der Waals surface area contributed by atoms with Crippen LogP contribution in [0.15, 0.2) is 121 Å². The summed E-state index contributed by atoms with van der Waals surface area (Å²) in [7, 11) is -1.17. The molecule has 2 nitrogen and oxygen atoms in total. The highest BCUT2D eigenvalue weighted by Crippen LogP contribution is 2.43. The Hall–Kier alpha value is -4.42. The zero-order valence-electron chi connectivity index (χ0n) is 30.0. The number of carbonyl (C=O) groups is 1. The molecule has 9 heteroatoms. The van der Waals surface area contributed by atoms with E-state index in [0.29, 0.717) is 23.9 Å². The molecule has 5 aromatic carbocycles. The summed E-state index contributed by atoms with van der Waals surface area (Å²) in [5, 5.41) is 4.93. The van der Waals surface area contributed by atoms with Crippen LogP contribution in [0, 0.1) is 0 Å². The summed E-state index contributed by atoms with van der Waals surface area (Å²) < 4.78 is 83.1. The maximum absolute atomic E-state index is 14.0. The van der Waals surface area contributed by atoms with Crippen molar-refractivity contribution in [2.75, 3.05) is 6.16 Å². The number of hydrogen-bond acceptors (Lipinski definition) is 1. The average molecular weight is 734 g/mol. The summed E-state index contributed by atoms with van der Waals surface area (Å²) >= 11 is 0. The number of amides is 1. The normalized spacial score (nSPS) is 13.2. The number of benzene rings is 5. The van der Waals surface area contributed by atoms with Crippen molar-refractivity contribution in [2.24, 2.45) is 0 Å². The van der Waals surface area contributed by atoms with E-state index in [4.69, 9.17) is 0 Å². The van der Waals surface area contributed by atoms with E-state index >= 15 is 0 Å². The van der Waals surface area contributed by atoms with Crippen LogP contribution in [0.5, 0.6) is 0 Å². The van der Waals surface area contributed by atoms with Crippen molar-refractivity contribution >= 4 is 24.4 Å². The number of nitrogens with one attached hydrogen (secondary N) is 1. The molecule has 0 radical (unpaired) electrons.